The third kappa shape index (κ3) is 5.48. The summed E-state index contributed by atoms with van der Waals surface area (Å²) in [5.41, 5.74) is 3.57. The number of aryl methyl sites for hydroxylation is 2. The van der Waals surface area contributed by atoms with Crippen molar-refractivity contribution >= 4 is 28.3 Å². The first-order valence-corrected chi connectivity index (χ1v) is 12.0. The Morgan fingerprint density at radius 2 is 1.87 bits per heavy atom. The maximum Gasteiger partial charge on any atom is 0.416 e. The van der Waals surface area contributed by atoms with Crippen LogP contribution >= 0.6 is 0 Å². The molecule has 194 valence electrons. The molecule has 10 heteroatoms. The zero-order valence-corrected chi connectivity index (χ0v) is 20.7. The van der Waals surface area contributed by atoms with Gasteiger partial charge in [0.05, 0.1) is 18.8 Å². The number of ether oxygens (including phenoxy) is 1. The summed E-state index contributed by atoms with van der Waals surface area (Å²) in [6.45, 7) is 5.56. The normalized spacial score (nSPS) is 13.8. The molecule has 38 heavy (non-hydrogen) atoms. The van der Waals surface area contributed by atoms with Crippen molar-refractivity contribution in [2.45, 2.75) is 20.0 Å². The molecule has 0 aliphatic carbocycles. The molecule has 1 amide bonds. The van der Waals surface area contributed by atoms with Gasteiger partial charge < -0.3 is 15.0 Å². The number of hydrogen-bond donors (Lipinski definition) is 2. The van der Waals surface area contributed by atoms with E-state index in [4.69, 9.17) is 4.74 Å². The summed E-state index contributed by atoms with van der Waals surface area (Å²) >= 11 is 0. The fraction of sp³-hybridized carbons (Fsp3) is 0.250. The van der Waals surface area contributed by atoms with E-state index in [9.17, 15) is 18.0 Å². The first kappa shape index (κ1) is 25.3. The smallest absolute Gasteiger partial charge is 0.378 e. The average molecular weight is 520 g/mol. The molecule has 1 saturated heterocycles. The topological polar surface area (TPSA) is 83.1 Å². The highest BCUT2D eigenvalue weighted by molar-refractivity contribution is 6.04. The van der Waals surface area contributed by atoms with E-state index in [1.807, 2.05) is 24.8 Å². The van der Waals surface area contributed by atoms with E-state index >= 15 is 0 Å². The molecule has 3 heterocycles. The highest BCUT2D eigenvalue weighted by Crippen LogP contribution is 2.35. The van der Waals surface area contributed by atoms with Gasteiger partial charge in [-0.1, -0.05) is 17.9 Å². The van der Waals surface area contributed by atoms with Crippen molar-refractivity contribution in [2.24, 2.45) is 0 Å². The number of carbonyl (C=O) groups is 1. The number of alkyl halides is 3. The summed E-state index contributed by atoms with van der Waals surface area (Å²) in [6, 6.07) is 10.5. The Bertz CT molecular complexity index is 1580. The van der Waals surface area contributed by atoms with Crippen LogP contribution in [0, 0.1) is 25.7 Å². The lowest BCUT2D eigenvalue weighted by Crippen LogP contribution is -2.36. The fourth-order valence-corrected chi connectivity index (χ4v) is 4.18. The van der Waals surface area contributed by atoms with Gasteiger partial charge in [0.1, 0.15) is 0 Å². The molecule has 0 radical (unpaired) electrons. The van der Waals surface area contributed by atoms with Gasteiger partial charge in [0, 0.05) is 58.4 Å². The van der Waals surface area contributed by atoms with Crippen LogP contribution in [-0.2, 0) is 10.9 Å². The van der Waals surface area contributed by atoms with Crippen LogP contribution in [-0.4, -0.2) is 47.4 Å². The number of morpholine rings is 1. The van der Waals surface area contributed by atoms with Crippen molar-refractivity contribution in [3.05, 3.63) is 82.2 Å². The largest absolute Gasteiger partial charge is 0.416 e. The van der Waals surface area contributed by atoms with Gasteiger partial charge >= 0.3 is 6.18 Å². The van der Waals surface area contributed by atoms with Gasteiger partial charge in [0.15, 0.2) is 5.65 Å². The third-order valence-corrected chi connectivity index (χ3v) is 6.32. The molecule has 7 nitrogen and oxygen atoms in total. The van der Waals surface area contributed by atoms with Crippen molar-refractivity contribution in [3.63, 3.8) is 0 Å². The van der Waals surface area contributed by atoms with Crippen LogP contribution in [0.3, 0.4) is 0 Å². The van der Waals surface area contributed by atoms with Crippen LogP contribution in [0.15, 0.2) is 48.7 Å². The summed E-state index contributed by atoms with van der Waals surface area (Å²) in [6.07, 6.45) is -2.93. The molecule has 2 aromatic heterocycles. The molecule has 2 N–H and O–H groups in total. The number of H-pyrrole nitrogens is 1. The van der Waals surface area contributed by atoms with Crippen molar-refractivity contribution in [1.29, 1.82) is 0 Å². The van der Waals surface area contributed by atoms with E-state index in [0.29, 0.717) is 48.8 Å². The Morgan fingerprint density at radius 1 is 1.08 bits per heavy atom. The van der Waals surface area contributed by atoms with Crippen molar-refractivity contribution in [2.75, 3.05) is 36.5 Å². The molecule has 0 saturated carbocycles. The Labute approximate surface area is 217 Å². The van der Waals surface area contributed by atoms with Crippen molar-refractivity contribution in [1.82, 2.24) is 15.2 Å². The number of hydrogen-bond acceptors (Lipinski definition) is 5. The van der Waals surface area contributed by atoms with Gasteiger partial charge in [-0.3, -0.25) is 9.89 Å². The second-order valence-corrected chi connectivity index (χ2v) is 9.04. The second kappa shape index (κ2) is 10.2. The number of fused-ring (bicyclic) bond motifs is 1. The number of nitrogens with one attached hydrogen (secondary N) is 2. The minimum Gasteiger partial charge on any atom is -0.378 e. The van der Waals surface area contributed by atoms with Gasteiger partial charge in [-0.25, -0.2) is 4.98 Å². The number of aromatic amines is 1. The first-order valence-electron chi connectivity index (χ1n) is 12.0. The molecule has 0 unspecified atom stereocenters. The highest BCUT2D eigenvalue weighted by atomic mass is 19.4. The van der Waals surface area contributed by atoms with Gasteiger partial charge in [0.2, 0.25) is 0 Å². The molecule has 2 aromatic carbocycles. The Kier molecular flexibility index (Phi) is 6.78. The maximum atomic E-state index is 13.6. The molecule has 5 rings (SSSR count). The quantitative estimate of drug-likeness (QED) is 0.369. The number of aromatic nitrogens is 3. The van der Waals surface area contributed by atoms with E-state index < -0.39 is 17.6 Å². The number of rotatable bonds is 3. The summed E-state index contributed by atoms with van der Waals surface area (Å²) in [4.78, 5) is 19.2. The lowest BCUT2D eigenvalue weighted by Gasteiger charge is -2.29. The highest BCUT2D eigenvalue weighted by Gasteiger charge is 2.32. The Morgan fingerprint density at radius 3 is 2.63 bits per heavy atom. The zero-order chi connectivity index (χ0) is 26.9. The number of halogens is 3. The molecule has 0 spiro atoms. The molecular weight excluding hydrogens is 495 g/mol. The number of nitrogens with zero attached hydrogens (tertiary/aromatic N) is 3. The molecule has 4 aromatic rings. The van der Waals surface area contributed by atoms with Gasteiger partial charge in [-0.2, -0.15) is 18.3 Å². The van der Waals surface area contributed by atoms with Gasteiger partial charge in [0.25, 0.3) is 5.91 Å². The lowest BCUT2D eigenvalue weighted by molar-refractivity contribution is -0.137. The zero-order valence-electron chi connectivity index (χ0n) is 20.7. The Hall–Kier alpha value is -4.36. The van der Waals surface area contributed by atoms with Crippen LogP contribution < -0.4 is 10.2 Å². The summed E-state index contributed by atoms with van der Waals surface area (Å²) in [5.74, 6) is 5.62. The monoisotopic (exact) mass is 519 g/mol. The molecular formula is C28H24F3N5O2. The average Bonchev–Trinajstić information content (AvgIpc) is 3.28. The number of amides is 1. The van der Waals surface area contributed by atoms with Crippen LogP contribution in [0.25, 0.3) is 11.0 Å². The number of benzene rings is 2. The predicted octanol–water partition coefficient (Wildman–Crippen LogP) is 5.08. The lowest BCUT2D eigenvalue weighted by atomic mass is 10.0. The summed E-state index contributed by atoms with van der Waals surface area (Å²) in [7, 11) is 0. The molecule has 1 aliphatic heterocycles. The van der Waals surface area contributed by atoms with Crippen molar-refractivity contribution in [3.8, 4) is 11.8 Å². The summed E-state index contributed by atoms with van der Waals surface area (Å²) in [5, 5.41) is 10.5. The standard InChI is InChI=1S/C28H24F3N5O2/c1-17-3-5-21(12-20(17)6-4-19-11-25-18(2)34-35-26(25)32-16-19)27(37)33-23-13-22(28(29,30)31)14-24(15-23)36-7-9-38-10-8-36/h3,5,11-16H,7-10H2,1-2H3,(H,33,37)(H,32,34,35). The summed E-state index contributed by atoms with van der Waals surface area (Å²) < 4.78 is 46.1. The van der Waals surface area contributed by atoms with E-state index in [-0.39, 0.29) is 11.3 Å². The Balaban J connectivity index is 1.41. The van der Waals surface area contributed by atoms with Crippen LogP contribution in [0.1, 0.15) is 38.3 Å². The molecule has 0 atom stereocenters. The minimum atomic E-state index is -4.55. The number of carbonyl (C=O) groups excluding carboxylic acids is 1. The molecule has 1 fully saturated rings. The molecule has 1 aliphatic rings. The third-order valence-electron chi connectivity index (χ3n) is 6.32. The first-order chi connectivity index (χ1) is 18.2. The van der Waals surface area contributed by atoms with E-state index in [1.54, 1.807) is 30.5 Å². The van der Waals surface area contributed by atoms with Crippen molar-refractivity contribution < 1.29 is 22.7 Å². The molecule has 0 bridgehead atoms. The van der Waals surface area contributed by atoms with Crippen LogP contribution in [0.4, 0.5) is 24.5 Å². The predicted molar refractivity (Wildman–Crippen MR) is 138 cm³/mol. The van der Waals surface area contributed by atoms with Gasteiger partial charge in [-0.05, 0) is 55.8 Å². The fourth-order valence-electron chi connectivity index (χ4n) is 4.18. The second-order valence-electron chi connectivity index (χ2n) is 9.04. The number of anilines is 2. The van der Waals surface area contributed by atoms with E-state index in [0.717, 1.165) is 28.8 Å². The van der Waals surface area contributed by atoms with Crippen LogP contribution in [0.2, 0.25) is 0 Å². The number of pyridine rings is 1. The van der Waals surface area contributed by atoms with E-state index in [2.05, 4.69) is 32.3 Å². The van der Waals surface area contributed by atoms with Crippen LogP contribution in [0.5, 0.6) is 0 Å². The van der Waals surface area contributed by atoms with E-state index in [1.165, 1.54) is 0 Å². The SMILES string of the molecule is Cc1ccc(C(=O)Nc2cc(N3CCOCC3)cc(C(F)(F)F)c2)cc1C#Cc1cnc2n[nH]c(C)c2c1. The minimum absolute atomic E-state index is 0.0642. The van der Waals surface area contributed by atoms with Gasteiger partial charge in [-0.15, -0.1) is 0 Å². The maximum absolute atomic E-state index is 13.6.